The summed E-state index contributed by atoms with van der Waals surface area (Å²) in [5.41, 5.74) is 1.32. The monoisotopic (exact) mass is 473 g/mol. The first-order valence-electron chi connectivity index (χ1n) is 10.7. The summed E-state index contributed by atoms with van der Waals surface area (Å²) in [4.78, 5) is 48.1. The normalized spacial score (nSPS) is 18.9. The van der Waals surface area contributed by atoms with Crippen molar-refractivity contribution >= 4 is 25.3 Å². The topological polar surface area (TPSA) is 136 Å². The van der Waals surface area contributed by atoms with Gasteiger partial charge in [-0.15, -0.1) is 0 Å². The number of carboxylic acids is 1. The smallest absolute Gasteiger partial charge is 0.323 e. The first-order valence-corrected chi connectivity index (χ1v) is 12.6. The van der Waals surface area contributed by atoms with Gasteiger partial charge in [-0.25, -0.2) is 5.09 Å². The number of hydrogen-bond acceptors (Lipinski definition) is 4. The molecule has 3 rings (SSSR count). The molecule has 0 spiro atoms. The predicted molar refractivity (Wildman–Crippen MR) is 123 cm³/mol. The molecule has 2 unspecified atom stereocenters. The molecular weight excluding hydrogens is 445 g/mol. The molecule has 1 heterocycles. The summed E-state index contributed by atoms with van der Waals surface area (Å²) >= 11 is 0. The van der Waals surface area contributed by atoms with E-state index < -0.39 is 38.0 Å². The van der Waals surface area contributed by atoms with E-state index in [0.29, 0.717) is 31.4 Å². The van der Waals surface area contributed by atoms with Gasteiger partial charge in [-0.05, 0) is 37.0 Å². The highest BCUT2D eigenvalue weighted by atomic mass is 31.2. The molecule has 1 aliphatic rings. The maximum absolute atomic E-state index is 13.1. The summed E-state index contributed by atoms with van der Waals surface area (Å²) in [6.45, 7) is -0.153. The Balaban J connectivity index is 1.71. The van der Waals surface area contributed by atoms with E-state index in [2.05, 4.69) is 10.4 Å². The second-order valence-corrected chi connectivity index (χ2v) is 10.1. The van der Waals surface area contributed by atoms with Gasteiger partial charge in [0.15, 0.2) is 0 Å². The van der Waals surface area contributed by atoms with E-state index in [4.69, 9.17) is 5.11 Å². The maximum Gasteiger partial charge on any atom is 0.323 e. The number of benzene rings is 2. The molecule has 2 aromatic carbocycles. The minimum Gasteiger partial charge on any atom is -0.480 e. The number of hydrogen-bond donors (Lipinski definition) is 4. The number of nitrogens with zero attached hydrogens (tertiary/aromatic N) is 1. The van der Waals surface area contributed by atoms with Crippen molar-refractivity contribution in [1.29, 1.82) is 0 Å². The van der Waals surface area contributed by atoms with Gasteiger partial charge in [0.25, 0.3) is 13.4 Å². The number of piperidine rings is 1. The van der Waals surface area contributed by atoms with Crippen molar-refractivity contribution < 1.29 is 28.9 Å². The quantitative estimate of drug-likeness (QED) is 0.387. The number of carboxylic acid groups (broad SMARTS) is 1. The van der Waals surface area contributed by atoms with E-state index in [1.54, 1.807) is 30.3 Å². The molecule has 10 heteroatoms. The Hall–Kier alpha value is -3.00. The van der Waals surface area contributed by atoms with Gasteiger partial charge in [-0.3, -0.25) is 18.9 Å². The maximum atomic E-state index is 13.1. The average molecular weight is 473 g/mol. The van der Waals surface area contributed by atoms with Gasteiger partial charge in [0, 0.05) is 18.2 Å². The van der Waals surface area contributed by atoms with Crippen LogP contribution in [0.25, 0.3) is 0 Å². The lowest BCUT2D eigenvalue weighted by Gasteiger charge is -2.33. The van der Waals surface area contributed by atoms with Gasteiger partial charge in [0.2, 0.25) is 5.91 Å². The van der Waals surface area contributed by atoms with Gasteiger partial charge in [0.05, 0.1) is 12.2 Å². The highest BCUT2D eigenvalue weighted by Gasteiger charge is 2.35. The van der Waals surface area contributed by atoms with E-state index in [0.717, 1.165) is 5.56 Å². The third-order valence-electron chi connectivity index (χ3n) is 5.38. The molecule has 3 atom stereocenters. The average Bonchev–Trinajstić information content (AvgIpc) is 2.77. The van der Waals surface area contributed by atoms with Crippen LogP contribution in [-0.2, 0) is 20.6 Å². The predicted octanol–water partition coefficient (Wildman–Crippen LogP) is 1.88. The Labute approximate surface area is 192 Å². The summed E-state index contributed by atoms with van der Waals surface area (Å²) in [6.07, 6.45) is 0.896. The van der Waals surface area contributed by atoms with Crippen LogP contribution in [0.15, 0.2) is 60.7 Å². The highest BCUT2D eigenvalue weighted by molar-refractivity contribution is 7.56. The Morgan fingerprint density at radius 3 is 2.36 bits per heavy atom. The van der Waals surface area contributed by atoms with Crippen LogP contribution < -0.4 is 10.4 Å². The molecule has 4 N–H and O–H groups in total. The first kappa shape index (κ1) is 24.6. The molecule has 2 aromatic rings. The van der Waals surface area contributed by atoms with Crippen molar-refractivity contribution in [3.8, 4) is 0 Å². The van der Waals surface area contributed by atoms with Crippen LogP contribution in [0.3, 0.4) is 0 Å². The second-order valence-electron chi connectivity index (χ2n) is 8.09. The van der Waals surface area contributed by atoms with Crippen LogP contribution in [-0.4, -0.2) is 64.0 Å². The zero-order chi connectivity index (χ0) is 23.8. The number of carbonyl (C=O) groups is 3. The third kappa shape index (κ3) is 7.53. The van der Waals surface area contributed by atoms with E-state index in [-0.39, 0.29) is 12.1 Å². The number of amides is 2. The van der Waals surface area contributed by atoms with Crippen molar-refractivity contribution in [2.75, 3.05) is 19.3 Å². The molecule has 0 saturated carbocycles. The highest BCUT2D eigenvalue weighted by Crippen LogP contribution is 2.38. The largest absolute Gasteiger partial charge is 0.480 e. The lowest BCUT2D eigenvalue weighted by Crippen LogP contribution is -2.51. The fourth-order valence-corrected chi connectivity index (χ4v) is 5.54. The summed E-state index contributed by atoms with van der Waals surface area (Å²) < 4.78 is 13.1. The fourth-order valence-electron chi connectivity index (χ4n) is 3.89. The van der Waals surface area contributed by atoms with E-state index >= 15 is 0 Å². The molecule has 176 valence electrons. The van der Waals surface area contributed by atoms with Gasteiger partial charge >= 0.3 is 5.97 Å². The number of carbonyl (C=O) groups excluding carboxylic acids is 2. The number of nitrogens with one attached hydrogen (secondary N) is 2. The molecule has 9 nitrogen and oxygen atoms in total. The summed E-state index contributed by atoms with van der Waals surface area (Å²) in [5.74, 6) is -2.01. The van der Waals surface area contributed by atoms with E-state index in [9.17, 15) is 23.8 Å². The van der Waals surface area contributed by atoms with Crippen molar-refractivity contribution in [2.24, 2.45) is 0 Å². The van der Waals surface area contributed by atoms with Crippen molar-refractivity contribution in [1.82, 2.24) is 15.3 Å². The molecule has 0 radical (unpaired) electrons. The van der Waals surface area contributed by atoms with Crippen LogP contribution in [0.2, 0.25) is 0 Å². The molecule has 0 aliphatic carbocycles. The van der Waals surface area contributed by atoms with Crippen LogP contribution in [0.1, 0.15) is 28.8 Å². The standard InChI is InChI=1S/C23H28N3O6P/c27-21(28)15-26-13-7-12-20(23(26)30)25-33(31,32)16-19(14-17-8-3-1-4-9-17)24-22(29)18-10-5-2-6-11-18/h1-6,8-11,19-20H,7,12-16H2,(H,24,29)(H,27,28)(H2,25,31,32)/t19?,20-/m0/s1. The SMILES string of the molecule is O=C(O)CN1CCC[C@H](NP(=O)(O)CC(Cc2ccccc2)NC(=O)c2ccccc2)C1=O. The summed E-state index contributed by atoms with van der Waals surface area (Å²) in [5, 5.41) is 14.4. The number of aliphatic carboxylic acids is 1. The van der Waals surface area contributed by atoms with Gasteiger partial charge in [-0.2, -0.15) is 0 Å². The zero-order valence-corrected chi connectivity index (χ0v) is 19.0. The summed E-state index contributed by atoms with van der Waals surface area (Å²) in [7, 11) is -4.06. The molecule has 1 saturated heterocycles. The Morgan fingerprint density at radius 1 is 1.09 bits per heavy atom. The van der Waals surface area contributed by atoms with Crippen LogP contribution in [0.4, 0.5) is 0 Å². The molecule has 0 aromatic heterocycles. The van der Waals surface area contributed by atoms with Crippen LogP contribution >= 0.6 is 7.52 Å². The third-order valence-corrected chi connectivity index (χ3v) is 7.03. The van der Waals surface area contributed by atoms with Crippen LogP contribution in [0.5, 0.6) is 0 Å². The zero-order valence-electron chi connectivity index (χ0n) is 18.1. The molecule has 2 amide bonds. The minimum absolute atomic E-state index is 0.289. The number of likely N-dealkylation sites (tertiary alicyclic amines) is 1. The van der Waals surface area contributed by atoms with E-state index in [1.807, 2.05) is 30.3 Å². The minimum atomic E-state index is -4.06. The first-order chi connectivity index (χ1) is 15.7. The van der Waals surface area contributed by atoms with E-state index in [1.165, 1.54) is 4.90 Å². The molecule has 1 aliphatic heterocycles. The molecule has 1 fully saturated rings. The lowest BCUT2D eigenvalue weighted by molar-refractivity contribution is -0.146. The Bertz CT molecular complexity index is 1020. The van der Waals surface area contributed by atoms with Crippen molar-refractivity contribution in [3.63, 3.8) is 0 Å². The molecule has 33 heavy (non-hydrogen) atoms. The van der Waals surface area contributed by atoms with Crippen molar-refractivity contribution in [2.45, 2.75) is 31.3 Å². The number of rotatable bonds is 10. The van der Waals surface area contributed by atoms with Gasteiger partial charge in [-0.1, -0.05) is 48.5 Å². The fraction of sp³-hybridized carbons (Fsp3) is 0.348. The van der Waals surface area contributed by atoms with Gasteiger partial charge in [0.1, 0.15) is 6.54 Å². The van der Waals surface area contributed by atoms with Crippen molar-refractivity contribution in [3.05, 3.63) is 71.8 Å². The lowest BCUT2D eigenvalue weighted by atomic mass is 10.1. The van der Waals surface area contributed by atoms with Gasteiger partial charge < -0.3 is 20.2 Å². The summed E-state index contributed by atoms with van der Waals surface area (Å²) in [6, 6.07) is 16.2. The van der Waals surface area contributed by atoms with Crippen LogP contribution in [0, 0.1) is 0 Å². The second kappa shape index (κ2) is 11.2. The Kier molecular flexibility index (Phi) is 8.38. The molecule has 0 bridgehead atoms. The molecular formula is C23H28N3O6P. The Morgan fingerprint density at radius 2 is 1.73 bits per heavy atom.